The molecule has 0 saturated carbocycles. The molecule has 1 heterocycles. The Hall–Kier alpha value is -2.34. The van der Waals surface area contributed by atoms with Gasteiger partial charge in [0.1, 0.15) is 18.4 Å². The second kappa shape index (κ2) is 7.70. The number of rotatable bonds is 8. The predicted octanol–water partition coefficient (Wildman–Crippen LogP) is 0.227. The Bertz CT molecular complexity index is 832. The van der Waals surface area contributed by atoms with Gasteiger partial charge in [0.05, 0.1) is 18.0 Å². The van der Waals surface area contributed by atoms with Crippen LogP contribution in [0, 0.1) is 17.0 Å². The number of aliphatic hydroxyl groups excluding tert-OH is 2. The lowest BCUT2D eigenvalue weighted by Gasteiger charge is -2.17. The topological polar surface area (TPSA) is 145 Å². The van der Waals surface area contributed by atoms with Crippen LogP contribution in [0.2, 0.25) is 0 Å². The SMILES string of the molecule is Cc1ccc(S(=O)(=O)OCC(O)C(O)Cn2cnc([N+](=O)[O-])c2)cc1. The van der Waals surface area contributed by atoms with Gasteiger partial charge >= 0.3 is 5.82 Å². The van der Waals surface area contributed by atoms with E-state index in [9.17, 15) is 28.7 Å². The van der Waals surface area contributed by atoms with Crippen molar-refractivity contribution in [1.82, 2.24) is 9.55 Å². The molecule has 1 aromatic heterocycles. The van der Waals surface area contributed by atoms with E-state index in [0.29, 0.717) is 0 Å². The van der Waals surface area contributed by atoms with Crippen molar-refractivity contribution in [3.8, 4) is 0 Å². The number of aryl methyl sites for hydroxylation is 1. The molecule has 2 rings (SSSR count). The van der Waals surface area contributed by atoms with E-state index in [1.165, 1.54) is 16.7 Å². The molecule has 11 heteroatoms. The summed E-state index contributed by atoms with van der Waals surface area (Å²) in [7, 11) is -4.07. The zero-order valence-corrected chi connectivity index (χ0v) is 14.0. The van der Waals surface area contributed by atoms with Crippen LogP contribution in [0.25, 0.3) is 0 Å². The Kier molecular flexibility index (Phi) is 5.85. The normalized spacial score (nSPS) is 14.2. The van der Waals surface area contributed by atoms with Crippen molar-refractivity contribution in [2.24, 2.45) is 0 Å². The number of nitrogens with zero attached hydrogens (tertiary/aromatic N) is 3. The minimum atomic E-state index is -4.07. The molecule has 2 N–H and O–H groups in total. The van der Waals surface area contributed by atoms with E-state index >= 15 is 0 Å². The Balaban J connectivity index is 1.92. The van der Waals surface area contributed by atoms with Gasteiger partial charge in [-0.1, -0.05) is 17.7 Å². The number of hydrogen-bond donors (Lipinski definition) is 2. The Morgan fingerprint density at radius 3 is 2.48 bits per heavy atom. The summed E-state index contributed by atoms with van der Waals surface area (Å²) in [6.45, 7) is 0.932. The van der Waals surface area contributed by atoms with Gasteiger partial charge < -0.3 is 24.9 Å². The monoisotopic (exact) mass is 371 g/mol. The van der Waals surface area contributed by atoms with Crippen LogP contribution in [-0.4, -0.2) is 51.9 Å². The zero-order valence-electron chi connectivity index (χ0n) is 13.2. The van der Waals surface area contributed by atoms with Gasteiger partial charge in [-0.25, -0.2) is 0 Å². The van der Waals surface area contributed by atoms with Gasteiger partial charge in [-0.05, 0) is 29.0 Å². The van der Waals surface area contributed by atoms with Crippen LogP contribution in [0.5, 0.6) is 0 Å². The van der Waals surface area contributed by atoms with E-state index in [1.807, 2.05) is 0 Å². The summed E-state index contributed by atoms with van der Waals surface area (Å²) in [5.41, 5.74) is 0.879. The largest absolute Gasteiger partial charge is 0.388 e. The van der Waals surface area contributed by atoms with Crippen LogP contribution in [-0.2, 0) is 20.8 Å². The van der Waals surface area contributed by atoms with Gasteiger partial charge in [0.2, 0.25) is 6.33 Å². The molecule has 2 aromatic rings. The molecule has 10 nitrogen and oxygen atoms in total. The molecule has 0 radical (unpaired) electrons. The van der Waals surface area contributed by atoms with Crippen molar-refractivity contribution in [2.75, 3.05) is 6.61 Å². The lowest BCUT2D eigenvalue weighted by Crippen LogP contribution is -2.34. The van der Waals surface area contributed by atoms with Crippen LogP contribution >= 0.6 is 0 Å². The summed E-state index contributed by atoms with van der Waals surface area (Å²) < 4.78 is 30.0. The maximum atomic E-state index is 12.0. The summed E-state index contributed by atoms with van der Waals surface area (Å²) in [5, 5.41) is 30.3. The molecule has 136 valence electrons. The van der Waals surface area contributed by atoms with Gasteiger partial charge in [-0.2, -0.15) is 8.42 Å². The fraction of sp³-hybridized carbons (Fsp3) is 0.357. The lowest BCUT2D eigenvalue weighted by molar-refractivity contribution is -0.389. The van der Waals surface area contributed by atoms with E-state index in [0.717, 1.165) is 18.1 Å². The molecule has 0 aliphatic heterocycles. The van der Waals surface area contributed by atoms with Crippen molar-refractivity contribution in [2.45, 2.75) is 30.6 Å². The van der Waals surface area contributed by atoms with Crippen LogP contribution in [0.3, 0.4) is 0 Å². The predicted molar refractivity (Wildman–Crippen MR) is 85.2 cm³/mol. The second-order valence-corrected chi connectivity index (χ2v) is 6.99. The van der Waals surface area contributed by atoms with E-state index in [2.05, 4.69) is 4.98 Å². The molecular weight excluding hydrogens is 354 g/mol. The second-order valence-electron chi connectivity index (χ2n) is 5.37. The van der Waals surface area contributed by atoms with Crippen molar-refractivity contribution < 1.29 is 27.7 Å². The van der Waals surface area contributed by atoms with Gasteiger partial charge in [-0.3, -0.25) is 4.18 Å². The Labute approximate surface area is 143 Å². The van der Waals surface area contributed by atoms with E-state index in [-0.39, 0.29) is 11.4 Å². The third kappa shape index (κ3) is 5.06. The molecule has 0 aliphatic carbocycles. The molecule has 2 atom stereocenters. The van der Waals surface area contributed by atoms with Gasteiger partial charge in [-0.15, -0.1) is 0 Å². The summed E-state index contributed by atoms with van der Waals surface area (Å²) in [6.07, 6.45) is -0.707. The molecule has 0 fully saturated rings. The Morgan fingerprint density at radius 1 is 1.28 bits per heavy atom. The fourth-order valence-electron chi connectivity index (χ4n) is 1.92. The third-order valence-electron chi connectivity index (χ3n) is 3.35. The van der Waals surface area contributed by atoms with Crippen molar-refractivity contribution >= 4 is 15.9 Å². The average Bonchev–Trinajstić information content (AvgIpc) is 3.02. The fourth-order valence-corrected chi connectivity index (χ4v) is 2.85. The van der Waals surface area contributed by atoms with Crippen LogP contribution < -0.4 is 0 Å². The average molecular weight is 371 g/mol. The number of hydrogen-bond acceptors (Lipinski definition) is 8. The summed E-state index contributed by atoms with van der Waals surface area (Å²) in [4.78, 5) is 13.3. The van der Waals surface area contributed by atoms with E-state index < -0.39 is 39.7 Å². The molecule has 0 bridgehead atoms. The Morgan fingerprint density at radius 2 is 1.92 bits per heavy atom. The molecule has 25 heavy (non-hydrogen) atoms. The van der Waals surface area contributed by atoms with Gasteiger partial charge in [0.25, 0.3) is 10.1 Å². The molecule has 2 unspecified atom stereocenters. The number of benzene rings is 1. The van der Waals surface area contributed by atoms with Crippen LogP contribution in [0.15, 0.2) is 41.7 Å². The summed E-state index contributed by atoms with van der Waals surface area (Å²) in [6, 6.07) is 5.96. The highest BCUT2D eigenvalue weighted by Gasteiger charge is 2.23. The maximum absolute atomic E-state index is 12.0. The molecule has 1 aromatic carbocycles. The molecule has 0 amide bonds. The molecule has 0 saturated heterocycles. The summed E-state index contributed by atoms with van der Waals surface area (Å²) >= 11 is 0. The number of aliphatic hydroxyl groups is 2. The number of nitro groups is 1. The van der Waals surface area contributed by atoms with E-state index in [1.54, 1.807) is 19.1 Å². The first kappa shape index (κ1) is 19.0. The standard InChI is InChI=1S/C14H17N3O7S/c1-10-2-4-11(5-3-10)25(22,23)24-8-13(19)12(18)6-16-7-14(15-9-16)17(20)21/h2-5,7,9,12-13,18-19H,6,8H2,1H3. The zero-order chi connectivity index (χ0) is 18.6. The van der Waals surface area contributed by atoms with Crippen LogP contribution in [0.4, 0.5) is 5.82 Å². The highest BCUT2D eigenvalue weighted by molar-refractivity contribution is 7.86. The first-order chi connectivity index (χ1) is 11.7. The molecular formula is C14H17N3O7S. The first-order valence-corrected chi connectivity index (χ1v) is 8.58. The first-order valence-electron chi connectivity index (χ1n) is 7.17. The summed E-state index contributed by atoms with van der Waals surface area (Å²) in [5.74, 6) is -0.403. The third-order valence-corrected chi connectivity index (χ3v) is 4.65. The van der Waals surface area contributed by atoms with Gasteiger partial charge in [0, 0.05) is 0 Å². The maximum Gasteiger partial charge on any atom is 0.381 e. The quantitative estimate of drug-likeness (QED) is 0.381. The lowest BCUT2D eigenvalue weighted by atomic mass is 10.2. The number of imidazole rings is 1. The van der Waals surface area contributed by atoms with Crippen molar-refractivity contribution in [1.29, 1.82) is 0 Å². The van der Waals surface area contributed by atoms with E-state index in [4.69, 9.17) is 4.18 Å². The minimum absolute atomic E-state index is 0.0648. The van der Waals surface area contributed by atoms with Crippen molar-refractivity contribution in [3.63, 3.8) is 0 Å². The van der Waals surface area contributed by atoms with Crippen LogP contribution in [0.1, 0.15) is 5.56 Å². The smallest absolute Gasteiger partial charge is 0.381 e. The molecule has 0 spiro atoms. The number of aromatic nitrogens is 2. The minimum Gasteiger partial charge on any atom is -0.388 e. The van der Waals surface area contributed by atoms with Gasteiger partial charge in [0.15, 0.2) is 0 Å². The molecule has 0 aliphatic rings. The highest BCUT2D eigenvalue weighted by Crippen LogP contribution is 2.14. The highest BCUT2D eigenvalue weighted by atomic mass is 32.2. The van der Waals surface area contributed by atoms with Crippen molar-refractivity contribution in [3.05, 3.63) is 52.5 Å².